The average Bonchev–Trinajstić information content (AvgIpc) is 3.12. The van der Waals surface area contributed by atoms with Crippen LogP contribution in [0.15, 0.2) is 138 Å². The van der Waals surface area contributed by atoms with Crippen LogP contribution in [0.4, 0.5) is 11.4 Å². The molecule has 1 atom stereocenters. The fourth-order valence-electron chi connectivity index (χ4n) is 4.68. The predicted octanol–water partition coefficient (Wildman–Crippen LogP) is 8.66. The molecule has 0 aliphatic rings. The number of amides is 3. The van der Waals surface area contributed by atoms with Crippen LogP contribution in [0.3, 0.4) is 0 Å². The number of carbonyl (C=O) groups is 4. The van der Waals surface area contributed by atoms with Crippen LogP contribution in [0.2, 0.25) is 10.0 Å². The van der Waals surface area contributed by atoms with Crippen molar-refractivity contribution in [3.63, 3.8) is 0 Å². The molecular formula is C38H29Cl2N3O5S. The SMILES string of the molecule is COC(=O)c1ccccc1NC(=O)C(Sc1cccc(NC(=O)/C(=C\c2ccc(Cl)cc2Cl)NC(=O)c2ccccc2)c1)c1ccccc1. The summed E-state index contributed by atoms with van der Waals surface area (Å²) >= 11 is 13.7. The Morgan fingerprint density at radius 3 is 2.16 bits per heavy atom. The summed E-state index contributed by atoms with van der Waals surface area (Å²) in [5.74, 6) is -2.03. The third kappa shape index (κ3) is 9.39. The van der Waals surface area contributed by atoms with Gasteiger partial charge >= 0.3 is 5.97 Å². The monoisotopic (exact) mass is 709 g/mol. The molecule has 0 radical (unpaired) electrons. The summed E-state index contributed by atoms with van der Waals surface area (Å²) in [4.78, 5) is 53.5. The van der Waals surface area contributed by atoms with Crippen LogP contribution in [-0.4, -0.2) is 30.8 Å². The Hall–Kier alpha value is -5.35. The van der Waals surface area contributed by atoms with Crippen LogP contribution in [0.5, 0.6) is 0 Å². The fourth-order valence-corrected chi connectivity index (χ4v) is 6.22. The van der Waals surface area contributed by atoms with Crippen molar-refractivity contribution in [3.05, 3.63) is 165 Å². The fraction of sp³-hybridized carbons (Fsp3) is 0.0526. The topological polar surface area (TPSA) is 114 Å². The van der Waals surface area contributed by atoms with Gasteiger partial charge in [-0.1, -0.05) is 96.0 Å². The van der Waals surface area contributed by atoms with Crippen molar-refractivity contribution in [2.75, 3.05) is 17.7 Å². The first-order chi connectivity index (χ1) is 23.7. The largest absolute Gasteiger partial charge is 0.465 e. The summed E-state index contributed by atoms with van der Waals surface area (Å²) in [5.41, 5.74) is 2.47. The molecule has 0 spiro atoms. The Labute approximate surface area is 297 Å². The van der Waals surface area contributed by atoms with Gasteiger partial charge in [0.25, 0.3) is 11.8 Å². The standard InChI is InChI=1S/C38H29Cl2N3O5S/c1-48-38(47)30-17-8-9-18-32(30)42-37(46)34(24-11-4-2-5-12-24)49-29-16-10-15-28(23-29)41-36(45)33(21-26-19-20-27(39)22-31(26)40)43-35(44)25-13-6-3-7-14-25/h2-23,34H,1H3,(H,41,45)(H,42,46)(H,43,44)/b33-21+. The summed E-state index contributed by atoms with van der Waals surface area (Å²) in [6, 6.07) is 36.1. The molecule has 246 valence electrons. The van der Waals surface area contributed by atoms with Gasteiger partial charge in [-0.25, -0.2) is 4.79 Å². The van der Waals surface area contributed by atoms with E-state index in [4.69, 9.17) is 27.9 Å². The van der Waals surface area contributed by atoms with Gasteiger partial charge in [0, 0.05) is 26.2 Å². The molecule has 0 bridgehead atoms. The maximum Gasteiger partial charge on any atom is 0.339 e. The summed E-state index contributed by atoms with van der Waals surface area (Å²) in [6.07, 6.45) is 1.47. The second kappa shape index (κ2) is 16.7. The molecule has 8 nitrogen and oxygen atoms in total. The number of halogens is 2. The molecule has 0 saturated carbocycles. The highest BCUT2D eigenvalue weighted by Crippen LogP contribution is 2.37. The van der Waals surface area contributed by atoms with E-state index in [1.807, 2.05) is 36.4 Å². The molecule has 3 N–H and O–H groups in total. The number of rotatable bonds is 11. The number of nitrogens with one attached hydrogen (secondary N) is 3. The first kappa shape index (κ1) is 35.0. The normalized spacial score (nSPS) is 11.6. The number of hydrogen-bond acceptors (Lipinski definition) is 6. The summed E-state index contributed by atoms with van der Waals surface area (Å²) in [5, 5.41) is 8.40. The molecule has 0 aliphatic heterocycles. The van der Waals surface area contributed by atoms with Gasteiger partial charge in [0.15, 0.2) is 0 Å². The van der Waals surface area contributed by atoms with Gasteiger partial charge in [-0.3, -0.25) is 14.4 Å². The number of thioether (sulfide) groups is 1. The highest BCUT2D eigenvalue weighted by molar-refractivity contribution is 8.00. The predicted molar refractivity (Wildman–Crippen MR) is 195 cm³/mol. The Morgan fingerprint density at radius 2 is 1.45 bits per heavy atom. The molecule has 3 amide bonds. The Kier molecular flexibility index (Phi) is 11.9. The van der Waals surface area contributed by atoms with Crippen LogP contribution >= 0.6 is 35.0 Å². The van der Waals surface area contributed by atoms with Crippen molar-refractivity contribution < 1.29 is 23.9 Å². The number of hydrogen-bond donors (Lipinski definition) is 3. The lowest BCUT2D eigenvalue weighted by atomic mass is 10.1. The van der Waals surface area contributed by atoms with Gasteiger partial charge in [-0.15, -0.1) is 11.8 Å². The van der Waals surface area contributed by atoms with Crippen molar-refractivity contribution >= 4 is 76.1 Å². The van der Waals surface area contributed by atoms with Gasteiger partial charge in [-0.05, 0) is 71.8 Å². The Morgan fingerprint density at radius 1 is 0.755 bits per heavy atom. The maximum atomic E-state index is 13.8. The lowest BCUT2D eigenvalue weighted by Crippen LogP contribution is -2.30. The minimum atomic E-state index is -0.731. The molecule has 5 aromatic carbocycles. The van der Waals surface area contributed by atoms with E-state index in [0.717, 1.165) is 5.56 Å². The van der Waals surface area contributed by atoms with Crippen LogP contribution < -0.4 is 16.0 Å². The van der Waals surface area contributed by atoms with Crippen molar-refractivity contribution in [1.29, 1.82) is 0 Å². The van der Waals surface area contributed by atoms with Gasteiger partial charge in [0.1, 0.15) is 10.9 Å². The van der Waals surface area contributed by atoms with Crippen LogP contribution in [0, 0.1) is 0 Å². The van der Waals surface area contributed by atoms with Gasteiger partial charge < -0.3 is 20.7 Å². The second-order valence-corrected chi connectivity index (χ2v) is 12.5. The van der Waals surface area contributed by atoms with E-state index in [-0.39, 0.29) is 17.2 Å². The number of carbonyl (C=O) groups excluding carboxylic acids is 4. The van der Waals surface area contributed by atoms with Crippen molar-refractivity contribution in [1.82, 2.24) is 5.32 Å². The smallest absolute Gasteiger partial charge is 0.339 e. The lowest BCUT2D eigenvalue weighted by molar-refractivity contribution is -0.116. The lowest BCUT2D eigenvalue weighted by Gasteiger charge is -2.19. The van der Waals surface area contributed by atoms with E-state index in [2.05, 4.69) is 16.0 Å². The highest BCUT2D eigenvalue weighted by atomic mass is 35.5. The first-order valence-corrected chi connectivity index (χ1v) is 16.5. The van der Waals surface area contributed by atoms with Crippen LogP contribution in [0.1, 0.15) is 37.1 Å². The second-order valence-electron chi connectivity index (χ2n) is 10.5. The molecule has 0 aliphatic carbocycles. The molecule has 0 fully saturated rings. The molecule has 0 heterocycles. The molecule has 1 unspecified atom stereocenters. The Balaban J connectivity index is 1.40. The number of para-hydroxylation sites is 1. The summed E-state index contributed by atoms with van der Waals surface area (Å²) < 4.78 is 4.88. The first-order valence-electron chi connectivity index (χ1n) is 14.9. The van der Waals surface area contributed by atoms with Gasteiger partial charge in [0.2, 0.25) is 5.91 Å². The zero-order chi connectivity index (χ0) is 34.8. The maximum absolute atomic E-state index is 13.8. The quantitative estimate of drug-likeness (QED) is 0.0719. The molecule has 0 saturated heterocycles. The number of benzene rings is 5. The minimum absolute atomic E-state index is 0.0538. The number of esters is 1. The minimum Gasteiger partial charge on any atom is -0.465 e. The van der Waals surface area contributed by atoms with E-state index in [0.29, 0.717) is 37.4 Å². The highest BCUT2D eigenvalue weighted by Gasteiger charge is 2.24. The van der Waals surface area contributed by atoms with Gasteiger partial charge in [0.05, 0.1) is 18.4 Å². The van der Waals surface area contributed by atoms with Crippen molar-refractivity contribution in [2.45, 2.75) is 10.1 Å². The van der Waals surface area contributed by atoms with E-state index in [1.54, 1.807) is 84.9 Å². The van der Waals surface area contributed by atoms with Crippen LogP contribution in [-0.2, 0) is 14.3 Å². The van der Waals surface area contributed by atoms with E-state index in [9.17, 15) is 19.2 Å². The van der Waals surface area contributed by atoms with E-state index >= 15 is 0 Å². The zero-order valence-electron chi connectivity index (χ0n) is 26.0. The number of methoxy groups -OCH3 is 1. The molecule has 5 aromatic rings. The number of anilines is 2. The number of ether oxygens (including phenoxy) is 1. The van der Waals surface area contributed by atoms with Gasteiger partial charge in [-0.2, -0.15) is 0 Å². The molecule has 11 heteroatoms. The average molecular weight is 711 g/mol. The van der Waals surface area contributed by atoms with E-state index in [1.165, 1.54) is 31.0 Å². The van der Waals surface area contributed by atoms with Crippen molar-refractivity contribution in [2.24, 2.45) is 0 Å². The Bertz CT molecular complexity index is 2020. The molecule has 0 aromatic heterocycles. The van der Waals surface area contributed by atoms with Crippen LogP contribution in [0.25, 0.3) is 6.08 Å². The van der Waals surface area contributed by atoms with Crippen molar-refractivity contribution in [3.8, 4) is 0 Å². The molecule has 5 rings (SSSR count). The summed E-state index contributed by atoms with van der Waals surface area (Å²) in [6.45, 7) is 0. The summed E-state index contributed by atoms with van der Waals surface area (Å²) in [7, 11) is 1.28. The zero-order valence-corrected chi connectivity index (χ0v) is 28.3. The van der Waals surface area contributed by atoms with E-state index < -0.39 is 23.0 Å². The molecular weight excluding hydrogens is 681 g/mol. The third-order valence-electron chi connectivity index (χ3n) is 7.07. The third-order valence-corrected chi connectivity index (χ3v) is 8.88. The molecule has 49 heavy (non-hydrogen) atoms.